The van der Waals surface area contributed by atoms with E-state index in [0.717, 1.165) is 22.8 Å². The summed E-state index contributed by atoms with van der Waals surface area (Å²) < 4.78 is 40.1. The van der Waals surface area contributed by atoms with Crippen LogP contribution in [0.1, 0.15) is 21.5 Å². The molecule has 0 atom stereocenters. The highest BCUT2D eigenvalue weighted by Gasteiger charge is 2.51. The summed E-state index contributed by atoms with van der Waals surface area (Å²) in [5.74, 6) is -1.01. The minimum absolute atomic E-state index is 0.143. The van der Waals surface area contributed by atoms with E-state index in [4.69, 9.17) is 38.0 Å². The van der Waals surface area contributed by atoms with Gasteiger partial charge in [0, 0.05) is 26.7 Å². The van der Waals surface area contributed by atoms with Crippen molar-refractivity contribution in [1.29, 1.82) is 0 Å². The van der Waals surface area contributed by atoms with Gasteiger partial charge in [0.15, 0.2) is 5.13 Å². The number of halogens is 5. The number of hydrogen-bond donors (Lipinski definition) is 3. The van der Waals surface area contributed by atoms with Gasteiger partial charge < -0.3 is 19.8 Å². The Balaban J connectivity index is 1.47. The van der Waals surface area contributed by atoms with Crippen LogP contribution in [0.3, 0.4) is 0 Å². The smallest absolute Gasteiger partial charge is 0.399 e. The van der Waals surface area contributed by atoms with Gasteiger partial charge in [0.1, 0.15) is 0 Å². The second-order valence-electron chi connectivity index (χ2n) is 9.56. The first-order valence-electron chi connectivity index (χ1n) is 12.6. The summed E-state index contributed by atoms with van der Waals surface area (Å²) in [7, 11) is -5.75. The molecule has 0 aliphatic rings. The number of alkyl halides is 2. The Bertz CT molecular complexity index is 1920. The molecule has 0 aliphatic carbocycles. The van der Waals surface area contributed by atoms with Gasteiger partial charge in [-0.25, -0.2) is 9.78 Å². The highest BCUT2D eigenvalue weighted by atomic mass is 79.9. The number of anilines is 2. The van der Waals surface area contributed by atoms with Crippen molar-refractivity contribution < 1.29 is 33.0 Å². The molecule has 0 bridgehead atoms. The second kappa shape index (κ2) is 12.7. The summed E-state index contributed by atoms with van der Waals surface area (Å²) in [6.45, 7) is 0.143. The number of nitrogens with zero attached hydrogens (tertiary/aromatic N) is 2. The zero-order valence-corrected chi connectivity index (χ0v) is 27.0. The number of thiazole rings is 1. The molecule has 7 nitrogen and oxygen atoms in total. The molecule has 0 aliphatic heterocycles. The lowest BCUT2D eigenvalue weighted by molar-refractivity contribution is 0.0557. The van der Waals surface area contributed by atoms with Crippen LogP contribution in [-0.4, -0.2) is 25.8 Å². The largest absolute Gasteiger partial charge is 0.478 e. The average Bonchev–Trinajstić information content (AvgIpc) is 3.47. The van der Waals surface area contributed by atoms with Crippen LogP contribution < -0.4 is 4.90 Å². The van der Waals surface area contributed by atoms with Crippen molar-refractivity contribution in [3.63, 3.8) is 0 Å². The molecular formula is C30H20BrCl2F2N2O5PS. The van der Waals surface area contributed by atoms with Crippen molar-refractivity contribution in [1.82, 2.24) is 4.98 Å². The number of rotatable bonds is 9. The predicted molar refractivity (Wildman–Crippen MR) is 172 cm³/mol. The Morgan fingerprint density at radius 2 is 1.64 bits per heavy atom. The van der Waals surface area contributed by atoms with Crippen LogP contribution in [0, 0.1) is 0 Å². The van der Waals surface area contributed by atoms with E-state index in [0.29, 0.717) is 32.1 Å². The molecule has 0 fully saturated rings. The summed E-state index contributed by atoms with van der Waals surface area (Å²) in [5, 5.41) is 12.4. The van der Waals surface area contributed by atoms with Gasteiger partial charge in [-0.1, -0.05) is 87.7 Å². The Morgan fingerprint density at radius 3 is 2.27 bits per heavy atom. The lowest BCUT2D eigenvalue weighted by atomic mass is 10.0. The van der Waals surface area contributed by atoms with Crippen LogP contribution in [0.5, 0.6) is 0 Å². The molecule has 1 aromatic heterocycles. The monoisotopic (exact) mass is 738 g/mol. The fourth-order valence-corrected chi connectivity index (χ4v) is 6.83. The summed E-state index contributed by atoms with van der Waals surface area (Å²) >= 11 is 16.8. The molecule has 14 heteroatoms. The minimum atomic E-state index is -5.75. The molecule has 44 heavy (non-hydrogen) atoms. The molecular weight excluding hydrogens is 720 g/mol. The quantitative estimate of drug-likeness (QED) is 0.129. The van der Waals surface area contributed by atoms with E-state index in [2.05, 4.69) is 15.9 Å². The topological polar surface area (TPSA) is 111 Å². The van der Waals surface area contributed by atoms with Crippen molar-refractivity contribution >= 4 is 74.9 Å². The van der Waals surface area contributed by atoms with E-state index in [1.54, 1.807) is 30.3 Å². The van der Waals surface area contributed by atoms with Gasteiger partial charge in [0.25, 0.3) is 0 Å². The van der Waals surface area contributed by atoms with Crippen LogP contribution in [0.15, 0.2) is 94.8 Å². The van der Waals surface area contributed by atoms with E-state index in [9.17, 15) is 23.2 Å². The van der Waals surface area contributed by atoms with Crippen LogP contribution in [0.4, 0.5) is 19.6 Å². The number of benzene rings is 4. The van der Waals surface area contributed by atoms with Crippen molar-refractivity contribution in [2.45, 2.75) is 12.2 Å². The zero-order valence-electron chi connectivity index (χ0n) is 22.2. The number of hydrogen-bond acceptors (Lipinski definition) is 5. The van der Waals surface area contributed by atoms with Crippen LogP contribution in [-0.2, 0) is 16.8 Å². The molecule has 0 unspecified atom stereocenters. The van der Waals surface area contributed by atoms with Crippen molar-refractivity contribution in [2.24, 2.45) is 0 Å². The predicted octanol–water partition coefficient (Wildman–Crippen LogP) is 9.81. The Morgan fingerprint density at radius 1 is 0.932 bits per heavy atom. The number of aromatic carboxylic acids is 1. The third kappa shape index (κ3) is 6.74. The standard InChI is InChI=1S/C30H20BrCl2F2N2O5PS/c31-24-12-17(4-10-23(24)30(34,35)43(40,41)42)15-37(22-9-11-25(32)26(33)14-22)29-36-27(16-44-29)19-7-5-18(6-8-19)20-2-1-3-21(13-20)28(38)39/h1-14,16H,15H2,(H,38,39)(H2,40,41,42). The van der Waals surface area contributed by atoms with Crippen molar-refractivity contribution in [3.8, 4) is 22.4 Å². The molecule has 3 N–H and O–H groups in total. The van der Waals surface area contributed by atoms with Gasteiger partial charge in [-0.05, 0) is 53.1 Å². The van der Waals surface area contributed by atoms with Crippen LogP contribution in [0.2, 0.25) is 10.0 Å². The van der Waals surface area contributed by atoms with E-state index in [-0.39, 0.29) is 16.6 Å². The lowest BCUT2D eigenvalue weighted by Crippen LogP contribution is -2.18. The van der Waals surface area contributed by atoms with E-state index >= 15 is 0 Å². The van der Waals surface area contributed by atoms with Crippen LogP contribution in [0.25, 0.3) is 22.4 Å². The number of carboxylic acid groups (broad SMARTS) is 1. The highest BCUT2D eigenvalue weighted by Crippen LogP contribution is 2.60. The molecule has 0 saturated heterocycles. The lowest BCUT2D eigenvalue weighted by Gasteiger charge is -2.24. The van der Waals surface area contributed by atoms with Gasteiger partial charge in [-0.2, -0.15) is 8.78 Å². The fourth-order valence-electron chi connectivity index (χ4n) is 4.35. The molecule has 0 spiro atoms. The molecule has 1 heterocycles. The molecule has 5 aromatic rings. The summed E-state index contributed by atoms with van der Waals surface area (Å²) in [6.07, 6.45) is 0. The van der Waals surface area contributed by atoms with Crippen molar-refractivity contribution in [2.75, 3.05) is 4.90 Å². The van der Waals surface area contributed by atoms with Crippen LogP contribution >= 0.6 is 58.1 Å². The van der Waals surface area contributed by atoms with E-state index in [1.165, 1.54) is 29.5 Å². The van der Waals surface area contributed by atoms with Gasteiger partial charge in [-0.3, -0.25) is 4.57 Å². The zero-order chi connectivity index (χ0) is 31.8. The molecule has 5 rings (SSSR count). The Labute approximate surface area is 272 Å². The van der Waals surface area contributed by atoms with Gasteiger partial charge in [0.05, 0.1) is 27.8 Å². The maximum atomic E-state index is 14.4. The SMILES string of the molecule is O=C(O)c1cccc(-c2ccc(-c3csc(N(Cc4ccc(C(F)(F)P(=O)(O)O)c(Br)c4)c4ccc(Cl)c(Cl)c4)n3)cc2)c1. The Kier molecular flexibility index (Phi) is 9.30. The Hall–Kier alpha value is -3.15. The van der Waals surface area contributed by atoms with Gasteiger partial charge in [-0.15, -0.1) is 11.3 Å². The fraction of sp³-hybridized carbons (Fsp3) is 0.0667. The van der Waals surface area contributed by atoms with Gasteiger partial charge >= 0.3 is 19.2 Å². The maximum Gasteiger partial charge on any atom is 0.399 e. The first-order valence-corrected chi connectivity index (χ1v) is 16.6. The molecule has 0 radical (unpaired) electrons. The summed E-state index contributed by atoms with van der Waals surface area (Å²) in [6, 6.07) is 22.9. The van der Waals surface area contributed by atoms with E-state index in [1.807, 2.05) is 40.6 Å². The second-order valence-corrected chi connectivity index (χ2v) is 13.7. The third-order valence-corrected chi connectivity index (χ3v) is 9.86. The molecule has 0 saturated carbocycles. The normalized spacial score (nSPS) is 11.9. The molecule has 0 amide bonds. The third-order valence-electron chi connectivity index (χ3n) is 6.63. The van der Waals surface area contributed by atoms with E-state index < -0.39 is 24.8 Å². The number of aromatic nitrogens is 1. The number of carboxylic acids is 1. The van der Waals surface area contributed by atoms with Crippen molar-refractivity contribution in [3.05, 3.63) is 122 Å². The first kappa shape index (κ1) is 32.2. The maximum absolute atomic E-state index is 14.4. The molecule has 226 valence electrons. The number of carbonyl (C=O) groups is 1. The molecule has 4 aromatic carbocycles. The summed E-state index contributed by atoms with van der Waals surface area (Å²) in [4.78, 5) is 36.3. The van der Waals surface area contributed by atoms with Gasteiger partial charge in [0.2, 0.25) is 0 Å². The average molecular weight is 740 g/mol. The highest BCUT2D eigenvalue weighted by molar-refractivity contribution is 9.10. The summed E-state index contributed by atoms with van der Waals surface area (Å²) in [5.41, 5.74) is -0.773. The minimum Gasteiger partial charge on any atom is -0.478 e. The first-order chi connectivity index (χ1) is 20.7.